The predicted octanol–water partition coefficient (Wildman–Crippen LogP) is 1.95. The third-order valence-electron chi connectivity index (χ3n) is 0.641. The van der Waals surface area contributed by atoms with Crippen molar-refractivity contribution in [1.82, 2.24) is 0 Å². The molecule has 0 fully saturated rings. The summed E-state index contributed by atoms with van der Waals surface area (Å²) in [6, 6.07) is 0. The highest BCUT2D eigenvalue weighted by molar-refractivity contribution is 7.79. The molecule has 0 radical (unpaired) electrons. The Morgan fingerprint density at radius 3 is 2.17 bits per heavy atom. The second-order valence-electron chi connectivity index (χ2n) is 1.15. The van der Waals surface area contributed by atoms with Gasteiger partial charge in [-0.25, -0.2) is 0 Å². The molecule has 0 bridgehead atoms. The maximum absolute atomic E-state index is 4.58. The van der Waals surface area contributed by atoms with E-state index >= 15 is 0 Å². The number of rotatable bonds is 1. The van der Waals surface area contributed by atoms with Gasteiger partial charge < -0.3 is 0 Å². The van der Waals surface area contributed by atoms with Crippen LogP contribution in [0.5, 0.6) is 0 Å². The summed E-state index contributed by atoms with van der Waals surface area (Å²) in [5.41, 5.74) is 1.16. The Balaban J connectivity index is 3.50. The van der Waals surface area contributed by atoms with E-state index in [4.69, 9.17) is 0 Å². The van der Waals surface area contributed by atoms with Crippen LogP contribution < -0.4 is 0 Å². The van der Waals surface area contributed by atoms with Gasteiger partial charge in [0.25, 0.3) is 0 Å². The topological polar surface area (TPSA) is 0 Å². The molecule has 6 heavy (non-hydrogen) atoms. The van der Waals surface area contributed by atoms with Crippen LogP contribution in [-0.4, -0.2) is 5.37 Å². The van der Waals surface area contributed by atoms with E-state index in [1.807, 2.05) is 19.9 Å². The number of allylic oxidation sites excluding steroid dienone is 2. The predicted molar refractivity (Wildman–Crippen MR) is 33.1 cm³/mol. The van der Waals surface area contributed by atoms with E-state index in [0.717, 1.165) is 5.57 Å². The van der Waals surface area contributed by atoms with Gasteiger partial charge in [0.05, 0.1) is 0 Å². The van der Waals surface area contributed by atoms with Gasteiger partial charge in [-0.3, -0.25) is 0 Å². The van der Waals surface area contributed by atoms with Gasteiger partial charge in [0, 0.05) is 5.37 Å². The standard InChI is InChI=1S/C5H8S/c1-3-5(2)4-6/h3-4H,1-2H3. The van der Waals surface area contributed by atoms with E-state index in [1.54, 1.807) is 5.37 Å². The van der Waals surface area contributed by atoms with Crippen LogP contribution in [0, 0.1) is 0 Å². The molecule has 0 saturated carbocycles. The Morgan fingerprint density at radius 2 is 2.17 bits per heavy atom. The Morgan fingerprint density at radius 1 is 1.67 bits per heavy atom. The van der Waals surface area contributed by atoms with E-state index in [1.165, 1.54) is 0 Å². The van der Waals surface area contributed by atoms with Crippen molar-refractivity contribution in [3.05, 3.63) is 11.6 Å². The molecule has 0 atom stereocenters. The molecule has 0 rings (SSSR count). The van der Waals surface area contributed by atoms with Crippen molar-refractivity contribution in [3.63, 3.8) is 0 Å². The first-order valence-electron chi connectivity index (χ1n) is 1.89. The molecule has 0 aliphatic rings. The minimum Gasteiger partial charge on any atom is -0.0885 e. The second-order valence-corrected chi connectivity index (χ2v) is 1.39. The smallest absolute Gasteiger partial charge is 0.00395 e. The highest BCUT2D eigenvalue weighted by atomic mass is 32.1. The van der Waals surface area contributed by atoms with E-state index in [2.05, 4.69) is 12.2 Å². The van der Waals surface area contributed by atoms with Crippen LogP contribution in [-0.2, 0) is 0 Å². The van der Waals surface area contributed by atoms with Crippen LogP contribution in [0.15, 0.2) is 11.6 Å². The first-order valence-corrected chi connectivity index (χ1v) is 2.36. The summed E-state index contributed by atoms with van der Waals surface area (Å²) in [7, 11) is 0. The third kappa shape index (κ3) is 2.09. The summed E-state index contributed by atoms with van der Waals surface area (Å²) in [5, 5.41) is 1.67. The van der Waals surface area contributed by atoms with Gasteiger partial charge in [-0.05, 0) is 19.4 Å². The number of hydrogen-bond donors (Lipinski definition) is 0. The van der Waals surface area contributed by atoms with Crippen LogP contribution in [0.4, 0.5) is 0 Å². The van der Waals surface area contributed by atoms with E-state index in [-0.39, 0.29) is 0 Å². The Labute approximate surface area is 43.9 Å². The van der Waals surface area contributed by atoms with Crippen molar-refractivity contribution >= 4 is 17.6 Å². The van der Waals surface area contributed by atoms with Crippen LogP contribution in [0.25, 0.3) is 0 Å². The fraction of sp³-hybridized carbons (Fsp3) is 0.400. The molecule has 0 N–H and O–H groups in total. The first-order chi connectivity index (χ1) is 2.81. The monoisotopic (exact) mass is 100 g/mol. The van der Waals surface area contributed by atoms with Crippen LogP contribution >= 0.6 is 12.2 Å². The molecule has 0 unspecified atom stereocenters. The average Bonchev–Trinajstić information content (AvgIpc) is 1.65. The fourth-order valence-corrected chi connectivity index (χ4v) is 0.204. The molecule has 0 aromatic carbocycles. The summed E-state index contributed by atoms with van der Waals surface area (Å²) in [5.74, 6) is 0. The van der Waals surface area contributed by atoms with Gasteiger partial charge in [0.1, 0.15) is 0 Å². The normalized spacial score (nSPS) is 11.3. The molecule has 1 heteroatoms. The van der Waals surface area contributed by atoms with Crippen molar-refractivity contribution < 1.29 is 0 Å². The SMILES string of the molecule is CC=C(C)C=S. The third-order valence-corrected chi connectivity index (χ3v) is 1.01. The highest BCUT2D eigenvalue weighted by Gasteiger charge is 1.68. The number of thiocarbonyl (C=S) groups is 1. The molecule has 0 aromatic rings. The maximum atomic E-state index is 4.58. The summed E-state index contributed by atoms with van der Waals surface area (Å²) in [6.07, 6.45) is 1.98. The van der Waals surface area contributed by atoms with Crippen LogP contribution in [0.2, 0.25) is 0 Å². The lowest BCUT2D eigenvalue weighted by Gasteiger charge is -1.76. The van der Waals surface area contributed by atoms with Crippen LogP contribution in [0.1, 0.15) is 13.8 Å². The zero-order valence-corrected chi connectivity index (χ0v) is 4.88. The summed E-state index contributed by atoms with van der Waals surface area (Å²) in [4.78, 5) is 0. The molecule has 0 aliphatic carbocycles. The molecule has 0 heterocycles. The van der Waals surface area contributed by atoms with Crippen molar-refractivity contribution in [2.24, 2.45) is 0 Å². The van der Waals surface area contributed by atoms with Crippen molar-refractivity contribution in [2.75, 3.05) is 0 Å². The van der Waals surface area contributed by atoms with E-state index in [0.29, 0.717) is 0 Å². The largest absolute Gasteiger partial charge is 0.0885 e. The van der Waals surface area contributed by atoms with Crippen molar-refractivity contribution in [1.29, 1.82) is 0 Å². The minimum absolute atomic E-state index is 1.16. The minimum atomic E-state index is 1.16. The molecule has 0 spiro atoms. The molecule has 0 nitrogen and oxygen atoms in total. The van der Waals surface area contributed by atoms with Gasteiger partial charge in [-0.1, -0.05) is 18.3 Å². The van der Waals surface area contributed by atoms with Gasteiger partial charge in [0.15, 0.2) is 0 Å². The lowest BCUT2D eigenvalue weighted by Crippen LogP contribution is -1.66. The van der Waals surface area contributed by atoms with Gasteiger partial charge in [-0.15, -0.1) is 0 Å². The zero-order chi connectivity index (χ0) is 4.99. The molecule has 34 valence electrons. The quantitative estimate of drug-likeness (QED) is 0.358. The van der Waals surface area contributed by atoms with Gasteiger partial charge >= 0.3 is 0 Å². The van der Waals surface area contributed by atoms with E-state index < -0.39 is 0 Å². The second kappa shape index (κ2) is 3.04. The lowest BCUT2D eigenvalue weighted by molar-refractivity contribution is 1.57. The maximum Gasteiger partial charge on any atom is 0.00395 e. The Hall–Kier alpha value is -0.170. The average molecular weight is 100 g/mol. The lowest BCUT2D eigenvalue weighted by atomic mass is 10.3. The number of hydrogen-bond acceptors (Lipinski definition) is 1. The zero-order valence-electron chi connectivity index (χ0n) is 4.06. The molecule has 0 aromatic heterocycles. The molecule has 0 amide bonds. The Bertz CT molecular complexity index is 72.0. The molecular formula is C5H8S. The fourth-order valence-electron chi connectivity index (χ4n) is 0.0680. The highest BCUT2D eigenvalue weighted by Crippen LogP contribution is 1.82. The first kappa shape index (κ1) is 5.83. The van der Waals surface area contributed by atoms with E-state index in [9.17, 15) is 0 Å². The Kier molecular flexibility index (Phi) is 2.95. The van der Waals surface area contributed by atoms with Gasteiger partial charge in [-0.2, -0.15) is 0 Å². The van der Waals surface area contributed by atoms with Crippen molar-refractivity contribution in [3.8, 4) is 0 Å². The molecular weight excluding hydrogens is 92.1 g/mol. The summed E-state index contributed by atoms with van der Waals surface area (Å²) >= 11 is 4.58. The van der Waals surface area contributed by atoms with Crippen molar-refractivity contribution in [2.45, 2.75) is 13.8 Å². The van der Waals surface area contributed by atoms with Crippen LogP contribution in [0.3, 0.4) is 0 Å². The summed E-state index contributed by atoms with van der Waals surface area (Å²) in [6.45, 7) is 3.95. The van der Waals surface area contributed by atoms with Gasteiger partial charge in [0.2, 0.25) is 0 Å². The molecule has 0 saturated heterocycles. The molecule has 0 aliphatic heterocycles. The summed E-state index contributed by atoms with van der Waals surface area (Å²) < 4.78 is 0.